The van der Waals surface area contributed by atoms with E-state index in [0.29, 0.717) is 5.92 Å². The zero-order chi connectivity index (χ0) is 25.5. The second-order valence-electron chi connectivity index (χ2n) is 11.0. The summed E-state index contributed by atoms with van der Waals surface area (Å²) in [4.78, 5) is 3.70. The minimum absolute atomic E-state index is 0.0161. The van der Waals surface area contributed by atoms with Crippen molar-refractivity contribution in [1.82, 2.24) is 4.98 Å². The van der Waals surface area contributed by atoms with Crippen LogP contribution in [0.4, 0.5) is 0 Å². The molecule has 2 heteroatoms. The number of unbranched alkanes of at least 4 members (excludes halogenated alkanes) is 9. The summed E-state index contributed by atoms with van der Waals surface area (Å²) >= 11 is 0. The second kappa shape index (κ2) is 15.7. The summed E-state index contributed by atoms with van der Waals surface area (Å²) in [5, 5.41) is 0. The molecule has 2 atom stereocenters. The van der Waals surface area contributed by atoms with Crippen molar-refractivity contribution in [2.24, 2.45) is 0 Å². The van der Waals surface area contributed by atoms with Crippen molar-refractivity contribution >= 4 is 0 Å². The number of benzene rings is 2. The highest BCUT2D eigenvalue weighted by Crippen LogP contribution is 2.43. The number of aryl methyl sites for hydroxylation is 1. The van der Waals surface area contributed by atoms with E-state index in [2.05, 4.69) is 103 Å². The Morgan fingerprint density at radius 1 is 0.722 bits per heavy atom. The van der Waals surface area contributed by atoms with E-state index >= 15 is 0 Å². The third-order valence-electron chi connectivity index (χ3n) is 8.05. The molecule has 0 aliphatic carbocycles. The monoisotopic (exact) mass is 487 g/mol. The number of aromatic amines is 1. The molecule has 0 radical (unpaired) electrons. The first kappa shape index (κ1) is 28.2. The predicted molar refractivity (Wildman–Crippen MR) is 154 cm³/mol. The molecule has 0 saturated heterocycles. The molecule has 1 heterocycles. The van der Waals surface area contributed by atoms with E-state index in [1.807, 2.05) is 0 Å². The summed E-state index contributed by atoms with van der Waals surface area (Å²) in [5.41, 5.74) is 2.89. The summed E-state index contributed by atoms with van der Waals surface area (Å²) in [6.07, 6.45) is 21.7. The quantitative estimate of drug-likeness (QED) is 0.136. The minimum Gasteiger partial charge on any atom is -0.247 e. The van der Waals surface area contributed by atoms with Crippen molar-refractivity contribution in [3.63, 3.8) is 0 Å². The highest BCUT2D eigenvalue weighted by Gasteiger charge is 2.41. The van der Waals surface area contributed by atoms with Gasteiger partial charge in [-0.3, -0.25) is 0 Å². The molecule has 2 unspecified atom stereocenters. The largest absolute Gasteiger partial charge is 0.258 e. The molecule has 0 aliphatic heterocycles. The van der Waals surface area contributed by atoms with Crippen LogP contribution in [0.3, 0.4) is 0 Å². The van der Waals surface area contributed by atoms with E-state index in [1.54, 1.807) is 0 Å². The van der Waals surface area contributed by atoms with Gasteiger partial charge in [-0.15, -0.1) is 0 Å². The van der Waals surface area contributed by atoms with Gasteiger partial charge in [-0.1, -0.05) is 146 Å². The third kappa shape index (κ3) is 8.36. The first-order chi connectivity index (χ1) is 17.7. The normalized spacial score (nSPS) is 14.0. The number of aromatic nitrogens is 2. The van der Waals surface area contributed by atoms with Gasteiger partial charge in [0.05, 0.1) is 12.5 Å². The van der Waals surface area contributed by atoms with Gasteiger partial charge < -0.3 is 0 Å². The van der Waals surface area contributed by atoms with Crippen molar-refractivity contribution in [3.05, 3.63) is 90.0 Å². The smallest absolute Gasteiger partial charge is 0.247 e. The lowest BCUT2D eigenvalue weighted by Crippen LogP contribution is -2.43. The van der Waals surface area contributed by atoms with E-state index in [0.717, 1.165) is 19.4 Å². The van der Waals surface area contributed by atoms with Gasteiger partial charge in [0.15, 0.2) is 0 Å². The fourth-order valence-electron chi connectivity index (χ4n) is 5.97. The molecule has 0 fully saturated rings. The van der Waals surface area contributed by atoms with Crippen LogP contribution < -0.4 is 4.57 Å². The van der Waals surface area contributed by atoms with Gasteiger partial charge in [0, 0.05) is 5.41 Å². The Morgan fingerprint density at radius 3 is 1.92 bits per heavy atom. The molecule has 0 amide bonds. The van der Waals surface area contributed by atoms with Gasteiger partial charge in [-0.2, -0.15) is 0 Å². The zero-order valence-electron chi connectivity index (χ0n) is 23.4. The number of rotatable bonds is 18. The molecule has 0 bridgehead atoms. The van der Waals surface area contributed by atoms with Gasteiger partial charge in [0.1, 0.15) is 12.4 Å². The highest BCUT2D eigenvalue weighted by atomic mass is 15.1. The third-order valence-corrected chi connectivity index (χ3v) is 8.05. The number of hydrogen-bond acceptors (Lipinski definition) is 0. The number of H-pyrrole nitrogens is 1. The van der Waals surface area contributed by atoms with Crippen molar-refractivity contribution in [2.45, 2.75) is 122 Å². The maximum Gasteiger partial charge on any atom is 0.258 e. The fourth-order valence-corrected chi connectivity index (χ4v) is 5.97. The average Bonchev–Trinajstić information content (AvgIpc) is 3.36. The van der Waals surface area contributed by atoms with E-state index < -0.39 is 0 Å². The molecule has 3 aromatic rings. The van der Waals surface area contributed by atoms with Crippen molar-refractivity contribution in [1.29, 1.82) is 0 Å². The highest BCUT2D eigenvalue weighted by molar-refractivity contribution is 5.32. The molecule has 1 aromatic heterocycles. The molecule has 0 aliphatic rings. The van der Waals surface area contributed by atoms with Crippen molar-refractivity contribution < 1.29 is 4.57 Å². The maximum atomic E-state index is 3.70. The van der Waals surface area contributed by atoms with Crippen LogP contribution in [-0.4, -0.2) is 4.98 Å². The first-order valence-corrected chi connectivity index (χ1v) is 14.8. The molecule has 0 spiro atoms. The first-order valence-electron chi connectivity index (χ1n) is 14.8. The molecule has 3 rings (SSSR count). The minimum atomic E-state index is 0.0161. The van der Waals surface area contributed by atoms with Crippen LogP contribution in [0.25, 0.3) is 0 Å². The lowest BCUT2D eigenvalue weighted by Gasteiger charge is -2.37. The van der Waals surface area contributed by atoms with E-state index in [4.69, 9.17) is 0 Å². The summed E-state index contributed by atoms with van der Waals surface area (Å²) in [7, 11) is 0. The molecular formula is C34H51N2+. The van der Waals surface area contributed by atoms with Crippen LogP contribution in [0.1, 0.15) is 121 Å². The number of hydrogen-bond donors (Lipinski definition) is 1. The summed E-state index contributed by atoms with van der Waals surface area (Å²) in [6, 6.07) is 22.4. The van der Waals surface area contributed by atoms with Gasteiger partial charge in [-0.25, -0.2) is 9.55 Å². The topological polar surface area (TPSA) is 19.7 Å². The van der Waals surface area contributed by atoms with Crippen LogP contribution in [0.15, 0.2) is 73.1 Å². The van der Waals surface area contributed by atoms with Crippen molar-refractivity contribution in [3.8, 4) is 0 Å². The predicted octanol–water partition coefficient (Wildman–Crippen LogP) is 9.31. The van der Waals surface area contributed by atoms with Gasteiger partial charge in [0.25, 0.3) is 5.82 Å². The van der Waals surface area contributed by atoms with Crippen LogP contribution in [0.5, 0.6) is 0 Å². The average molecular weight is 488 g/mol. The Kier molecular flexibility index (Phi) is 12.3. The van der Waals surface area contributed by atoms with Crippen molar-refractivity contribution in [2.75, 3.05) is 0 Å². The summed E-state index contributed by atoms with van der Waals surface area (Å²) in [5.74, 6) is 1.84. The zero-order valence-corrected chi connectivity index (χ0v) is 23.4. The van der Waals surface area contributed by atoms with Gasteiger partial charge in [0.2, 0.25) is 0 Å². The Morgan fingerprint density at radius 2 is 1.31 bits per heavy atom. The SMILES string of the molecule is CCCCCCCCCCCCC(c1[nH]cc[n+]1CCC)C(C)(Cc1ccccc1)c1ccccc1. The van der Waals surface area contributed by atoms with Crippen LogP contribution in [0.2, 0.25) is 0 Å². The molecular weight excluding hydrogens is 436 g/mol. The van der Waals surface area contributed by atoms with Crippen LogP contribution in [-0.2, 0) is 18.4 Å². The van der Waals surface area contributed by atoms with E-state index in [1.165, 1.54) is 87.6 Å². The lowest BCUT2D eigenvalue weighted by molar-refractivity contribution is -0.704. The molecule has 36 heavy (non-hydrogen) atoms. The van der Waals surface area contributed by atoms with Gasteiger partial charge in [-0.05, 0) is 30.4 Å². The fraction of sp³-hybridized carbons (Fsp3) is 0.559. The van der Waals surface area contributed by atoms with Crippen LogP contribution >= 0.6 is 0 Å². The van der Waals surface area contributed by atoms with E-state index in [-0.39, 0.29) is 5.41 Å². The number of nitrogens with zero attached hydrogens (tertiary/aromatic N) is 1. The maximum absolute atomic E-state index is 3.70. The molecule has 1 N–H and O–H groups in total. The van der Waals surface area contributed by atoms with Crippen LogP contribution in [0, 0.1) is 0 Å². The Hall–Kier alpha value is -2.35. The Labute approximate surface area is 221 Å². The van der Waals surface area contributed by atoms with E-state index in [9.17, 15) is 0 Å². The summed E-state index contributed by atoms with van der Waals surface area (Å²) in [6.45, 7) is 8.16. The Bertz CT molecular complexity index is 946. The standard InChI is InChI=1S/C34H50N2/c1-4-6-7-8-9-10-11-12-13-20-25-32(33-35-26-28-36(33)27-5-2)34(3,31-23-18-15-19-24-31)29-30-21-16-14-17-22-30/h14-19,21-24,26,28,32H,4-13,20,25,27,29H2,1-3H3/p+1. The molecule has 2 aromatic carbocycles. The molecule has 0 saturated carbocycles. The second-order valence-corrected chi connectivity index (χ2v) is 11.0. The Balaban J connectivity index is 1.75. The lowest BCUT2D eigenvalue weighted by atomic mass is 9.66. The number of nitrogens with one attached hydrogen (secondary N) is 1. The number of imidazole rings is 1. The van der Waals surface area contributed by atoms with Gasteiger partial charge >= 0.3 is 0 Å². The molecule has 2 nitrogen and oxygen atoms in total. The summed E-state index contributed by atoms with van der Waals surface area (Å²) < 4.78 is 2.48. The molecule has 196 valence electrons.